The van der Waals surface area contributed by atoms with E-state index in [1.165, 1.54) is 52.5 Å². The molecule has 5 nitrogen and oxygen atoms in total. The van der Waals surface area contributed by atoms with Gasteiger partial charge in [-0.25, -0.2) is 0 Å². The number of benzene rings is 2. The predicted molar refractivity (Wildman–Crippen MR) is 293 cm³/mol. The van der Waals surface area contributed by atoms with Crippen molar-refractivity contribution in [3.8, 4) is 0 Å². The van der Waals surface area contributed by atoms with Crippen LogP contribution < -0.4 is 15.6 Å². The van der Waals surface area contributed by atoms with Crippen molar-refractivity contribution >= 4 is 62.7 Å². The first-order chi connectivity index (χ1) is 29.7. The van der Waals surface area contributed by atoms with Gasteiger partial charge in [0.25, 0.3) is 0 Å². The number of likely N-dealkylation sites (N-methyl/N-ethyl adjacent to an activating group) is 1. The molecule has 3 heterocycles. The number of nitrogens with one attached hydrogen (secondary N) is 3. The number of allylic oxidation sites excluding steroid dienone is 13. The molecule has 3 N–H and O–H groups in total. The fraction of sp³-hybridized carbons (Fsp3) is 0.364. The van der Waals surface area contributed by atoms with E-state index in [4.69, 9.17) is 5.41 Å². The van der Waals surface area contributed by atoms with Crippen LogP contribution in [0.3, 0.4) is 0 Å². The Morgan fingerprint density at radius 3 is 1.82 bits per heavy atom. The van der Waals surface area contributed by atoms with Crippen LogP contribution in [0.4, 0.5) is 11.4 Å². The maximum Gasteiger partial charge on any atom is 0.0727 e. The van der Waals surface area contributed by atoms with Gasteiger partial charge in [-0.2, -0.15) is 0 Å². The van der Waals surface area contributed by atoms with E-state index in [2.05, 4.69) is 175 Å². The maximum atomic E-state index is 6.08. The highest BCUT2D eigenvalue weighted by Gasteiger charge is 2.25. The summed E-state index contributed by atoms with van der Waals surface area (Å²) in [6, 6.07) is 14.8. The van der Waals surface area contributed by atoms with Gasteiger partial charge < -0.3 is 15.6 Å². The summed E-state index contributed by atoms with van der Waals surface area (Å²) in [5.74, 6) is 0.833. The van der Waals surface area contributed by atoms with E-state index in [-0.39, 0.29) is 0 Å². The third-order valence-corrected chi connectivity index (χ3v) is 7.80. The van der Waals surface area contributed by atoms with E-state index in [9.17, 15) is 0 Å². The highest BCUT2D eigenvalue weighted by Crippen LogP contribution is 2.42. The largest absolute Gasteiger partial charge is 0.370 e. The lowest BCUT2D eigenvalue weighted by molar-refractivity contribution is 0.737. The van der Waals surface area contributed by atoms with Crippen LogP contribution in [0.2, 0.25) is 0 Å². The number of anilines is 2. The highest BCUT2D eigenvalue weighted by atomic mass is 127. The number of hydrogen-bond donors (Lipinski definition) is 3. The first-order valence-corrected chi connectivity index (χ1v) is 24.4. The standard InChI is InChI=1S/C23H21N3.C11H13N.C6H8.C4H10.C2H5N.4C2H6.CH3I/c1-16-8-7-15-25(2)23-18(16)13-14-21-22(23)19-11-6-12-20(19)26(21)24-17-9-4-3-5-10-17;1-10-6-3-4-8-12-9-5-7-11(10)2;1-2-4-6-5-3-1;1-4(2)3;1-2-3;5*1-2/h3-11,13-14,24H,1,12,15H2,2H3;3-6,8-9,12H,1-2,7H2;1-4H,5-6H2;4H,1-3H3;2-3H,1H3;4*1-2H3;1H3/b;6-3-,8-4-,9-5-;;;;;;;;. The van der Waals surface area contributed by atoms with Gasteiger partial charge in [0.2, 0.25) is 0 Å². The number of halogens is 1. The maximum absolute atomic E-state index is 6.08. The van der Waals surface area contributed by atoms with Crippen LogP contribution in [0.1, 0.15) is 119 Å². The zero-order valence-corrected chi connectivity index (χ0v) is 42.9. The van der Waals surface area contributed by atoms with E-state index in [1.807, 2.05) is 103 Å². The molecular weight excluding hydrogens is 858 g/mol. The second-order valence-electron chi connectivity index (χ2n) is 13.0. The van der Waals surface area contributed by atoms with E-state index >= 15 is 0 Å². The Morgan fingerprint density at radius 1 is 0.705 bits per heavy atom. The minimum Gasteiger partial charge on any atom is -0.370 e. The SMILES string of the molecule is C1=CCCC=C1.C=C1/C=C\C=C/N/C=C\CC1=C.C=C1C=CCN(C)c2c1ccc1c2c2c(n1Nc1ccccc1)CC=C2.CC.CC.CC.CC.CC(C)C.CC=N.CI. The second-order valence-corrected chi connectivity index (χ2v) is 13.0. The monoisotopic (exact) mass is 942 g/mol. The molecule has 0 unspecified atom stereocenters. The van der Waals surface area contributed by atoms with Crippen molar-refractivity contribution in [1.82, 2.24) is 9.99 Å². The van der Waals surface area contributed by atoms with Crippen LogP contribution >= 0.6 is 22.6 Å². The van der Waals surface area contributed by atoms with Crippen LogP contribution in [-0.2, 0) is 6.42 Å². The molecule has 0 fully saturated rings. The van der Waals surface area contributed by atoms with Crippen molar-refractivity contribution in [2.45, 2.75) is 109 Å². The average Bonchev–Trinajstić information content (AvgIpc) is 3.86. The third kappa shape index (κ3) is 23.7. The van der Waals surface area contributed by atoms with E-state index in [0.717, 1.165) is 47.7 Å². The number of hydrogen-bond acceptors (Lipinski definition) is 4. The van der Waals surface area contributed by atoms with Gasteiger partial charge in [0.15, 0.2) is 0 Å². The fourth-order valence-corrected chi connectivity index (χ4v) is 5.47. The summed E-state index contributed by atoms with van der Waals surface area (Å²) in [7, 11) is 2.16. The molecule has 7 rings (SSSR count). The fourth-order valence-electron chi connectivity index (χ4n) is 5.47. The molecule has 0 bridgehead atoms. The van der Waals surface area contributed by atoms with Gasteiger partial charge in [0.05, 0.1) is 22.6 Å². The molecule has 0 spiro atoms. The van der Waals surface area contributed by atoms with Crippen LogP contribution in [-0.4, -0.2) is 29.4 Å². The van der Waals surface area contributed by atoms with E-state index < -0.39 is 0 Å². The Bertz CT molecular complexity index is 1830. The molecule has 336 valence electrons. The lowest BCUT2D eigenvalue weighted by atomic mass is 10.00. The molecule has 0 saturated heterocycles. The van der Waals surface area contributed by atoms with Crippen LogP contribution in [0, 0.1) is 11.3 Å². The molecule has 2 aliphatic carbocycles. The normalized spacial score (nSPS) is 14.7. The van der Waals surface area contributed by atoms with Crippen molar-refractivity contribution in [3.63, 3.8) is 0 Å². The number of aromatic nitrogens is 1. The van der Waals surface area contributed by atoms with Crippen molar-refractivity contribution in [2.75, 3.05) is 28.8 Å². The second kappa shape index (κ2) is 40.6. The molecule has 2 aromatic carbocycles. The minimum absolute atomic E-state index is 0.833. The Kier molecular flexibility index (Phi) is 40.2. The Morgan fingerprint density at radius 2 is 1.28 bits per heavy atom. The molecule has 0 radical (unpaired) electrons. The van der Waals surface area contributed by atoms with Crippen LogP contribution in [0.15, 0.2) is 153 Å². The average molecular weight is 942 g/mol. The van der Waals surface area contributed by atoms with Gasteiger partial charge >= 0.3 is 0 Å². The van der Waals surface area contributed by atoms with Crippen molar-refractivity contribution in [1.29, 1.82) is 5.41 Å². The van der Waals surface area contributed by atoms with Gasteiger partial charge in [0, 0.05) is 42.7 Å². The van der Waals surface area contributed by atoms with Gasteiger partial charge in [-0.15, -0.1) is 0 Å². The van der Waals surface area contributed by atoms with E-state index in [1.54, 1.807) is 6.92 Å². The smallest absolute Gasteiger partial charge is 0.0727 e. The summed E-state index contributed by atoms with van der Waals surface area (Å²) in [5, 5.41) is 10.4. The summed E-state index contributed by atoms with van der Waals surface area (Å²) in [6.07, 6.45) is 34.5. The van der Waals surface area contributed by atoms with Gasteiger partial charge in [-0.3, -0.25) is 10.1 Å². The van der Waals surface area contributed by atoms with Crippen LogP contribution in [0.25, 0.3) is 22.6 Å². The Balaban J connectivity index is -0.000000802. The molecule has 0 amide bonds. The third-order valence-electron chi connectivity index (χ3n) is 7.80. The number of nitrogens with zero attached hydrogens (tertiary/aromatic N) is 2. The molecular formula is C55H84IN5. The zero-order valence-electron chi connectivity index (χ0n) is 40.7. The van der Waals surface area contributed by atoms with Gasteiger partial charge in [0.1, 0.15) is 0 Å². The molecule has 3 aromatic rings. The first-order valence-electron chi connectivity index (χ1n) is 22.2. The van der Waals surface area contributed by atoms with Crippen molar-refractivity contribution in [2.24, 2.45) is 5.92 Å². The molecule has 0 saturated carbocycles. The van der Waals surface area contributed by atoms with Crippen molar-refractivity contribution < 1.29 is 0 Å². The Hall–Kier alpha value is -4.82. The quantitative estimate of drug-likeness (QED) is 0.136. The molecule has 0 atom stereocenters. The Labute approximate surface area is 388 Å². The molecule has 61 heavy (non-hydrogen) atoms. The van der Waals surface area contributed by atoms with Gasteiger partial charge in [-0.05, 0) is 90.4 Å². The predicted octanol–water partition coefficient (Wildman–Crippen LogP) is 17.1. The van der Waals surface area contributed by atoms with E-state index in [0.29, 0.717) is 0 Å². The summed E-state index contributed by atoms with van der Waals surface area (Å²) in [6.45, 7) is 37.1. The summed E-state index contributed by atoms with van der Waals surface area (Å²) in [5.41, 5.74) is 14.1. The first kappa shape index (κ1) is 60.5. The molecule has 1 aromatic heterocycles. The highest BCUT2D eigenvalue weighted by molar-refractivity contribution is 14.1. The molecule has 6 heteroatoms. The number of fused-ring (bicyclic) bond motifs is 5. The number of para-hydroxylation sites is 1. The van der Waals surface area contributed by atoms with Crippen LogP contribution in [0.5, 0.6) is 0 Å². The lowest BCUT2D eigenvalue weighted by Crippen LogP contribution is -2.17. The summed E-state index contributed by atoms with van der Waals surface area (Å²) < 4.78 is 2.25. The summed E-state index contributed by atoms with van der Waals surface area (Å²) >= 11 is 2.15. The topological polar surface area (TPSA) is 56.1 Å². The lowest BCUT2D eigenvalue weighted by Gasteiger charge is -2.21. The number of alkyl halides is 1. The molecule has 4 aliphatic rings. The number of rotatable bonds is 2. The zero-order chi connectivity index (χ0) is 47.0. The summed E-state index contributed by atoms with van der Waals surface area (Å²) in [4.78, 5) is 4.30. The minimum atomic E-state index is 0.833. The molecule has 2 aliphatic heterocycles. The van der Waals surface area contributed by atoms with Crippen molar-refractivity contribution in [3.05, 3.63) is 169 Å². The van der Waals surface area contributed by atoms with Gasteiger partial charge in [-0.1, -0.05) is 210 Å².